The first-order valence-electron chi connectivity index (χ1n) is 4.57. The molecular formula is C8H13N3O3. The van der Waals surface area contributed by atoms with E-state index in [2.05, 4.69) is 4.99 Å². The molecule has 1 fully saturated rings. The minimum atomic E-state index is -1.55. The molecule has 1 heterocycles. The van der Waals surface area contributed by atoms with Crippen LogP contribution in [0, 0.1) is 0 Å². The van der Waals surface area contributed by atoms with E-state index in [9.17, 15) is 9.90 Å². The quantitative estimate of drug-likeness (QED) is 0.493. The van der Waals surface area contributed by atoms with Gasteiger partial charge in [0, 0.05) is 12.8 Å². The maximum atomic E-state index is 11.3. The number of amidine groups is 1. The van der Waals surface area contributed by atoms with E-state index < -0.39 is 17.2 Å². The van der Waals surface area contributed by atoms with Crippen LogP contribution in [0.4, 0.5) is 0 Å². The summed E-state index contributed by atoms with van der Waals surface area (Å²) in [7, 11) is 0. The van der Waals surface area contributed by atoms with Gasteiger partial charge in [-0.25, -0.2) is 0 Å². The van der Waals surface area contributed by atoms with E-state index in [4.69, 9.17) is 16.2 Å². The highest BCUT2D eigenvalue weighted by atomic mass is 16.6. The van der Waals surface area contributed by atoms with E-state index >= 15 is 0 Å². The minimum absolute atomic E-state index is 0.159. The van der Waals surface area contributed by atoms with Gasteiger partial charge in [-0.2, -0.15) is 4.99 Å². The predicted octanol–water partition coefficient (Wildman–Crippen LogP) is -1.18. The Balaban J connectivity index is 2.43. The molecule has 1 aliphatic heterocycles. The van der Waals surface area contributed by atoms with Crippen LogP contribution in [0.1, 0.15) is 25.7 Å². The molecule has 1 amide bonds. The van der Waals surface area contributed by atoms with Gasteiger partial charge < -0.3 is 21.3 Å². The van der Waals surface area contributed by atoms with Gasteiger partial charge in [0.05, 0.1) is 0 Å². The molecule has 78 valence electrons. The average Bonchev–Trinajstić information content (AvgIpc) is 2.35. The molecule has 0 spiro atoms. The van der Waals surface area contributed by atoms with Gasteiger partial charge in [0.15, 0.2) is 0 Å². The number of hydrogen-bond donors (Lipinski definition) is 3. The Morgan fingerprint density at radius 3 is 2.71 bits per heavy atom. The standard InChI is InChI=1S/C8H13N3O3/c9-5(12)7-3-1-2-4-8(7,13)11-6(10)14-7/h13H,1-4H2,(H2,9,12)(H2,10,11). The van der Waals surface area contributed by atoms with Crippen LogP contribution in [-0.2, 0) is 9.53 Å². The van der Waals surface area contributed by atoms with Crippen LogP contribution >= 0.6 is 0 Å². The number of aliphatic imine (C=N–C) groups is 1. The van der Waals surface area contributed by atoms with Crippen LogP contribution in [0.2, 0.25) is 0 Å². The van der Waals surface area contributed by atoms with Gasteiger partial charge in [-0.1, -0.05) is 0 Å². The van der Waals surface area contributed by atoms with Gasteiger partial charge in [-0.3, -0.25) is 4.79 Å². The number of primary amides is 1. The number of rotatable bonds is 1. The first-order valence-corrected chi connectivity index (χ1v) is 4.57. The summed E-state index contributed by atoms with van der Waals surface area (Å²) in [4.78, 5) is 15.1. The molecular weight excluding hydrogens is 186 g/mol. The van der Waals surface area contributed by atoms with E-state index in [-0.39, 0.29) is 6.02 Å². The van der Waals surface area contributed by atoms with E-state index in [0.29, 0.717) is 12.8 Å². The summed E-state index contributed by atoms with van der Waals surface area (Å²) in [6.07, 6.45) is 2.28. The molecule has 14 heavy (non-hydrogen) atoms. The fourth-order valence-corrected chi connectivity index (χ4v) is 2.18. The van der Waals surface area contributed by atoms with Crippen LogP contribution in [0.25, 0.3) is 0 Å². The number of carbonyl (C=O) groups excluding carboxylic acids is 1. The average molecular weight is 199 g/mol. The molecule has 0 aromatic heterocycles. The van der Waals surface area contributed by atoms with Gasteiger partial charge in [0.25, 0.3) is 11.9 Å². The molecule has 6 nitrogen and oxygen atoms in total. The number of fused-ring (bicyclic) bond motifs is 1. The Labute approximate surface area is 80.9 Å². The number of nitrogens with zero attached hydrogens (tertiary/aromatic N) is 1. The highest BCUT2D eigenvalue weighted by Gasteiger charge is 2.63. The fraction of sp³-hybridized carbons (Fsp3) is 0.750. The summed E-state index contributed by atoms with van der Waals surface area (Å²) in [5.41, 5.74) is 7.61. The summed E-state index contributed by atoms with van der Waals surface area (Å²) >= 11 is 0. The molecule has 0 bridgehead atoms. The molecule has 2 atom stereocenters. The van der Waals surface area contributed by atoms with Crippen molar-refractivity contribution < 1.29 is 14.6 Å². The van der Waals surface area contributed by atoms with Gasteiger partial charge in [-0.05, 0) is 12.8 Å². The van der Waals surface area contributed by atoms with Crippen molar-refractivity contribution in [2.75, 3.05) is 0 Å². The van der Waals surface area contributed by atoms with Gasteiger partial charge in [0.2, 0.25) is 11.3 Å². The highest BCUT2D eigenvalue weighted by Crippen LogP contribution is 2.44. The number of carbonyl (C=O) groups is 1. The molecule has 0 aromatic carbocycles. The lowest BCUT2D eigenvalue weighted by molar-refractivity contribution is -0.167. The lowest BCUT2D eigenvalue weighted by Gasteiger charge is -2.39. The third-order valence-corrected chi connectivity index (χ3v) is 2.92. The van der Waals surface area contributed by atoms with Crippen LogP contribution in [0.3, 0.4) is 0 Å². The summed E-state index contributed by atoms with van der Waals surface area (Å²) in [5.74, 6) is -0.705. The second kappa shape index (κ2) is 2.60. The number of aliphatic hydroxyl groups is 1. The van der Waals surface area contributed by atoms with E-state index in [0.717, 1.165) is 12.8 Å². The molecule has 1 saturated carbocycles. The molecule has 0 radical (unpaired) electrons. The highest BCUT2D eigenvalue weighted by molar-refractivity contribution is 5.91. The largest absolute Gasteiger partial charge is 0.443 e. The maximum absolute atomic E-state index is 11.3. The normalized spacial score (nSPS) is 41.1. The van der Waals surface area contributed by atoms with Crippen molar-refractivity contribution >= 4 is 11.9 Å². The Morgan fingerprint density at radius 2 is 2.14 bits per heavy atom. The van der Waals surface area contributed by atoms with Crippen LogP contribution in [0.15, 0.2) is 4.99 Å². The Hall–Kier alpha value is -1.30. The monoisotopic (exact) mass is 199 g/mol. The number of nitrogens with two attached hydrogens (primary N) is 2. The van der Waals surface area contributed by atoms with E-state index in [1.54, 1.807) is 0 Å². The van der Waals surface area contributed by atoms with Crippen LogP contribution in [-0.4, -0.2) is 28.4 Å². The van der Waals surface area contributed by atoms with Crippen molar-refractivity contribution in [2.24, 2.45) is 16.5 Å². The third kappa shape index (κ3) is 0.942. The topological polar surface area (TPSA) is 111 Å². The second-order valence-electron chi connectivity index (χ2n) is 3.77. The Kier molecular flexibility index (Phi) is 1.72. The van der Waals surface area contributed by atoms with Gasteiger partial charge >= 0.3 is 0 Å². The first-order chi connectivity index (χ1) is 6.50. The number of ether oxygens (including phenoxy) is 1. The van der Waals surface area contributed by atoms with Crippen LogP contribution < -0.4 is 11.5 Å². The molecule has 0 aromatic rings. The van der Waals surface area contributed by atoms with Crippen molar-refractivity contribution in [1.29, 1.82) is 0 Å². The zero-order valence-corrected chi connectivity index (χ0v) is 7.69. The SMILES string of the molecule is NC(=O)C12CCCCC1(O)N=C(N)O2. The second-order valence-corrected chi connectivity index (χ2v) is 3.77. The predicted molar refractivity (Wildman–Crippen MR) is 48.1 cm³/mol. The van der Waals surface area contributed by atoms with Crippen LogP contribution in [0.5, 0.6) is 0 Å². The summed E-state index contributed by atoms with van der Waals surface area (Å²) < 4.78 is 5.12. The van der Waals surface area contributed by atoms with E-state index in [1.165, 1.54) is 0 Å². The fourth-order valence-electron chi connectivity index (χ4n) is 2.18. The third-order valence-electron chi connectivity index (χ3n) is 2.92. The number of amides is 1. The summed E-state index contributed by atoms with van der Waals surface area (Å²) in [6.45, 7) is 0. The van der Waals surface area contributed by atoms with Gasteiger partial charge in [-0.15, -0.1) is 0 Å². The Bertz CT molecular complexity index is 317. The van der Waals surface area contributed by atoms with Crippen molar-refractivity contribution in [1.82, 2.24) is 0 Å². The molecule has 1 aliphatic carbocycles. The van der Waals surface area contributed by atoms with Crippen molar-refractivity contribution in [3.05, 3.63) is 0 Å². The van der Waals surface area contributed by atoms with Crippen molar-refractivity contribution in [3.8, 4) is 0 Å². The zero-order chi connectivity index (χ0) is 10.4. The number of hydrogen-bond acceptors (Lipinski definition) is 5. The lowest BCUT2D eigenvalue weighted by atomic mass is 9.77. The molecule has 5 N–H and O–H groups in total. The lowest BCUT2D eigenvalue weighted by Crippen LogP contribution is -2.61. The minimum Gasteiger partial charge on any atom is -0.443 e. The first kappa shape index (κ1) is 9.26. The molecule has 2 aliphatic rings. The van der Waals surface area contributed by atoms with Crippen molar-refractivity contribution in [3.63, 3.8) is 0 Å². The maximum Gasteiger partial charge on any atom is 0.286 e. The molecule has 2 unspecified atom stereocenters. The van der Waals surface area contributed by atoms with Crippen molar-refractivity contribution in [2.45, 2.75) is 37.0 Å². The summed E-state index contributed by atoms with van der Waals surface area (Å²) in [5, 5.41) is 10.1. The summed E-state index contributed by atoms with van der Waals surface area (Å²) in [6, 6.07) is -0.159. The van der Waals surface area contributed by atoms with Gasteiger partial charge in [0.1, 0.15) is 0 Å². The van der Waals surface area contributed by atoms with E-state index in [1.807, 2.05) is 0 Å². The molecule has 0 saturated heterocycles. The zero-order valence-electron chi connectivity index (χ0n) is 7.69. The smallest absolute Gasteiger partial charge is 0.286 e. The molecule has 6 heteroatoms. The molecule has 2 rings (SSSR count). The Morgan fingerprint density at radius 1 is 1.50 bits per heavy atom.